The highest BCUT2D eigenvalue weighted by atomic mass is 35.5. The summed E-state index contributed by atoms with van der Waals surface area (Å²) in [6.45, 7) is 0. The fourth-order valence-corrected chi connectivity index (χ4v) is 1.58. The summed E-state index contributed by atoms with van der Waals surface area (Å²) >= 11 is 11.3. The predicted octanol–water partition coefficient (Wildman–Crippen LogP) is 3.19. The normalized spacial score (nSPS) is 9.67. The zero-order chi connectivity index (χ0) is 11.4. The molecule has 1 aromatic carbocycles. The number of nitrogens with zero attached hydrogens (tertiary/aromatic N) is 1. The minimum absolute atomic E-state index is 0.0304. The van der Waals surface area contributed by atoms with Gasteiger partial charge in [0.25, 0.3) is 0 Å². The Balaban J connectivity index is 3.04. The molecule has 0 unspecified atom stereocenters. The van der Waals surface area contributed by atoms with Gasteiger partial charge in [-0.05, 0) is 12.1 Å². The summed E-state index contributed by atoms with van der Waals surface area (Å²) in [4.78, 5) is 11.5. The van der Waals surface area contributed by atoms with Crippen LogP contribution in [0, 0.1) is 11.3 Å². The van der Waals surface area contributed by atoms with Crippen molar-refractivity contribution in [3.05, 3.63) is 27.7 Å². The standard InChI is InChI=1S/C10H7Cl2NO2/c11-6-4-7(9(14)2-1-3-13)10(15)8(12)5-6/h4-5,15H,1-2H2. The van der Waals surface area contributed by atoms with Crippen LogP contribution in [0.25, 0.3) is 0 Å². The predicted molar refractivity (Wildman–Crippen MR) is 57.3 cm³/mol. The summed E-state index contributed by atoms with van der Waals surface area (Å²) in [6.07, 6.45) is 0.142. The summed E-state index contributed by atoms with van der Waals surface area (Å²) in [5, 5.41) is 18.1. The van der Waals surface area contributed by atoms with Crippen LogP contribution in [0.4, 0.5) is 0 Å². The van der Waals surface area contributed by atoms with E-state index in [1.807, 2.05) is 6.07 Å². The van der Waals surface area contributed by atoms with Crippen molar-refractivity contribution in [3.63, 3.8) is 0 Å². The van der Waals surface area contributed by atoms with Gasteiger partial charge in [0.15, 0.2) is 5.78 Å². The van der Waals surface area contributed by atoms with E-state index in [1.54, 1.807) is 0 Å². The van der Waals surface area contributed by atoms with Crippen LogP contribution < -0.4 is 0 Å². The first-order chi connectivity index (χ1) is 7.06. The van der Waals surface area contributed by atoms with E-state index >= 15 is 0 Å². The van der Waals surface area contributed by atoms with Crippen LogP contribution >= 0.6 is 23.2 Å². The van der Waals surface area contributed by atoms with Gasteiger partial charge in [-0.25, -0.2) is 0 Å². The molecule has 1 N–H and O–H groups in total. The van der Waals surface area contributed by atoms with E-state index in [-0.39, 0.29) is 40.0 Å². The van der Waals surface area contributed by atoms with Crippen LogP contribution in [0.3, 0.4) is 0 Å². The summed E-state index contributed by atoms with van der Waals surface area (Å²) in [5.74, 6) is -0.637. The number of rotatable bonds is 3. The quantitative estimate of drug-likeness (QED) is 0.830. The summed E-state index contributed by atoms with van der Waals surface area (Å²) in [7, 11) is 0. The van der Waals surface area contributed by atoms with Gasteiger partial charge in [-0.15, -0.1) is 0 Å². The third kappa shape index (κ3) is 2.85. The van der Waals surface area contributed by atoms with E-state index in [4.69, 9.17) is 28.5 Å². The average Bonchev–Trinajstić information content (AvgIpc) is 2.19. The highest BCUT2D eigenvalue weighted by molar-refractivity contribution is 6.36. The molecule has 5 heteroatoms. The van der Waals surface area contributed by atoms with Gasteiger partial charge in [0.05, 0.1) is 16.7 Å². The molecule has 0 heterocycles. The van der Waals surface area contributed by atoms with Crippen LogP contribution in [0.1, 0.15) is 23.2 Å². The van der Waals surface area contributed by atoms with Gasteiger partial charge in [-0.2, -0.15) is 5.26 Å². The third-order valence-electron chi connectivity index (χ3n) is 1.79. The van der Waals surface area contributed by atoms with Crippen LogP contribution in [-0.4, -0.2) is 10.9 Å². The molecule has 0 aliphatic heterocycles. The number of hydrogen-bond acceptors (Lipinski definition) is 3. The molecule has 0 atom stereocenters. The number of phenolic OH excluding ortho intramolecular Hbond substituents is 1. The van der Waals surface area contributed by atoms with Crippen molar-refractivity contribution in [1.29, 1.82) is 5.26 Å². The molecular formula is C10H7Cl2NO2. The Morgan fingerprint density at radius 2 is 2.13 bits per heavy atom. The number of phenols is 1. The average molecular weight is 244 g/mol. The lowest BCUT2D eigenvalue weighted by atomic mass is 10.1. The zero-order valence-electron chi connectivity index (χ0n) is 7.63. The van der Waals surface area contributed by atoms with Gasteiger partial charge in [-0.3, -0.25) is 4.79 Å². The van der Waals surface area contributed by atoms with Gasteiger partial charge in [0.2, 0.25) is 0 Å². The maximum absolute atomic E-state index is 11.5. The molecule has 0 saturated heterocycles. The number of aromatic hydroxyl groups is 1. The number of benzene rings is 1. The van der Waals surface area contributed by atoms with Crippen LogP contribution in [0.2, 0.25) is 10.0 Å². The first-order valence-corrected chi connectivity index (χ1v) is 4.90. The highest BCUT2D eigenvalue weighted by Gasteiger charge is 2.14. The monoisotopic (exact) mass is 243 g/mol. The van der Waals surface area contributed by atoms with E-state index in [0.29, 0.717) is 0 Å². The fraction of sp³-hybridized carbons (Fsp3) is 0.200. The van der Waals surface area contributed by atoms with Gasteiger partial charge in [0, 0.05) is 17.9 Å². The Morgan fingerprint density at radius 1 is 1.47 bits per heavy atom. The second-order valence-electron chi connectivity index (χ2n) is 2.87. The number of hydrogen-bond donors (Lipinski definition) is 1. The first-order valence-electron chi connectivity index (χ1n) is 4.14. The Morgan fingerprint density at radius 3 is 2.73 bits per heavy atom. The lowest BCUT2D eigenvalue weighted by Crippen LogP contribution is -1.99. The van der Waals surface area contributed by atoms with E-state index in [1.165, 1.54) is 12.1 Å². The molecule has 0 spiro atoms. The van der Waals surface area contributed by atoms with Gasteiger partial charge < -0.3 is 5.11 Å². The van der Waals surface area contributed by atoms with Crippen molar-refractivity contribution in [2.45, 2.75) is 12.8 Å². The molecule has 15 heavy (non-hydrogen) atoms. The van der Waals surface area contributed by atoms with Crippen LogP contribution in [-0.2, 0) is 0 Å². The van der Waals surface area contributed by atoms with E-state index in [2.05, 4.69) is 0 Å². The first kappa shape index (κ1) is 11.8. The molecule has 3 nitrogen and oxygen atoms in total. The Bertz CT molecular complexity index is 438. The molecule has 0 aromatic heterocycles. The Hall–Kier alpha value is -1.24. The van der Waals surface area contributed by atoms with Gasteiger partial charge in [0.1, 0.15) is 5.75 Å². The number of halogens is 2. The molecule has 1 rings (SSSR count). The largest absolute Gasteiger partial charge is 0.506 e. The SMILES string of the molecule is N#CCCC(=O)c1cc(Cl)cc(Cl)c1O. The van der Waals surface area contributed by atoms with E-state index in [0.717, 1.165) is 0 Å². The molecule has 0 fully saturated rings. The molecule has 0 aliphatic rings. The Labute approximate surface area is 96.8 Å². The van der Waals surface area contributed by atoms with Crippen molar-refractivity contribution in [1.82, 2.24) is 0 Å². The lowest BCUT2D eigenvalue weighted by Gasteiger charge is -2.04. The van der Waals surface area contributed by atoms with Crippen molar-refractivity contribution < 1.29 is 9.90 Å². The minimum atomic E-state index is -0.349. The second-order valence-corrected chi connectivity index (χ2v) is 3.71. The number of Topliss-reactive ketones (excluding diaryl/α,β-unsaturated/α-hetero) is 1. The molecule has 78 valence electrons. The maximum atomic E-state index is 11.5. The summed E-state index contributed by atoms with van der Waals surface area (Å²) in [6, 6.07) is 4.53. The van der Waals surface area contributed by atoms with E-state index < -0.39 is 0 Å². The van der Waals surface area contributed by atoms with Crippen molar-refractivity contribution in [3.8, 4) is 11.8 Å². The zero-order valence-corrected chi connectivity index (χ0v) is 9.14. The van der Waals surface area contributed by atoms with Crippen LogP contribution in [0.15, 0.2) is 12.1 Å². The molecule has 0 radical (unpaired) electrons. The summed E-state index contributed by atoms with van der Waals surface area (Å²) in [5.41, 5.74) is 0.0581. The lowest BCUT2D eigenvalue weighted by molar-refractivity contribution is 0.0981. The maximum Gasteiger partial charge on any atom is 0.167 e. The number of carbonyl (C=O) groups is 1. The number of carbonyl (C=O) groups excluding carboxylic acids is 1. The molecule has 0 saturated carbocycles. The van der Waals surface area contributed by atoms with Crippen molar-refractivity contribution >= 4 is 29.0 Å². The van der Waals surface area contributed by atoms with Gasteiger partial charge in [-0.1, -0.05) is 23.2 Å². The topological polar surface area (TPSA) is 61.1 Å². The smallest absolute Gasteiger partial charge is 0.167 e. The number of nitriles is 1. The third-order valence-corrected chi connectivity index (χ3v) is 2.30. The molecule has 0 bridgehead atoms. The van der Waals surface area contributed by atoms with Gasteiger partial charge >= 0.3 is 0 Å². The van der Waals surface area contributed by atoms with E-state index in [9.17, 15) is 9.90 Å². The minimum Gasteiger partial charge on any atom is -0.506 e. The molecule has 0 amide bonds. The highest BCUT2D eigenvalue weighted by Crippen LogP contribution is 2.31. The molecular weight excluding hydrogens is 237 g/mol. The van der Waals surface area contributed by atoms with Crippen LogP contribution in [0.5, 0.6) is 5.75 Å². The van der Waals surface area contributed by atoms with Crippen molar-refractivity contribution in [2.24, 2.45) is 0 Å². The second kappa shape index (κ2) is 5.01. The number of ketones is 1. The summed E-state index contributed by atoms with van der Waals surface area (Å²) < 4.78 is 0. The van der Waals surface area contributed by atoms with Crippen molar-refractivity contribution in [2.75, 3.05) is 0 Å². The fourth-order valence-electron chi connectivity index (χ4n) is 1.08. The molecule has 0 aliphatic carbocycles. The Kier molecular flexibility index (Phi) is 3.96. The molecule has 1 aromatic rings.